The number of hydrogen-bond acceptors (Lipinski definition) is 3. The molecule has 0 bridgehead atoms. The first-order valence-electron chi connectivity index (χ1n) is 6.56. The number of nitrogens with one attached hydrogen (secondary N) is 1. The lowest BCUT2D eigenvalue weighted by Crippen LogP contribution is -2.42. The van der Waals surface area contributed by atoms with Gasteiger partial charge in [-0.15, -0.1) is 24.8 Å². The highest BCUT2D eigenvalue weighted by Crippen LogP contribution is 2.12. The molecule has 1 aromatic carbocycles. The van der Waals surface area contributed by atoms with E-state index >= 15 is 0 Å². The predicted octanol–water partition coefficient (Wildman–Crippen LogP) is 2.73. The quantitative estimate of drug-likeness (QED) is 0.901. The Morgan fingerprint density at radius 3 is 2.35 bits per heavy atom. The zero-order chi connectivity index (χ0) is 12.8. The molecule has 0 amide bonds. The fraction of sp³-hybridized carbons (Fsp3) is 0.571. The monoisotopic (exact) mass is 324 g/mol. The molecule has 0 atom stereocenters. The number of hydrogen-bond donors (Lipinski definition) is 1. The topological polar surface area (TPSA) is 24.5 Å². The van der Waals surface area contributed by atoms with Gasteiger partial charge in [-0.2, -0.15) is 0 Å². The number of rotatable bonds is 5. The molecule has 1 aliphatic heterocycles. The summed E-state index contributed by atoms with van der Waals surface area (Å²) in [6, 6.07) is 6.85. The van der Waals surface area contributed by atoms with Crippen LogP contribution in [0.15, 0.2) is 24.3 Å². The molecule has 1 aromatic rings. The molecular formula is C14H23Cl2FN2O. The third-order valence-electron chi connectivity index (χ3n) is 3.49. The Morgan fingerprint density at radius 1 is 1.20 bits per heavy atom. The molecule has 0 spiro atoms. The van der Waals surface area contributed by atoms with E-state index in [1.165, 1.54) is 25.0 Å². The largest absolute Gasteiger partial charge is 0.492 e. The standard InChI is InChI=1S/C14H21FN2O.2ClH/c1-16-13-6-8-17(9-7-13)10-11-18-14-4-2-12(15)3-5-14;;/h2-5,13,16H,6-11H2,1H3;2*1H. The third kappa shape index (κ3) is 6.27. The van der Waals surface area contributed by atoms with Gasteiger partial charge in [-0.1, -0.05) is 0 Å². The minimum atomic E-state index is -0.225. The summed E-state index contributed by atoms with van der Waals surface area (Å²) in [4.78, 5) is 2.41. The number of benzene rings is 1. The fourth-order valence-electron chi connectivity index (χ4n) is 2.27. The van der Waals surface area contributed by atoms with Gasteiger partial charge >= 0.3 is 0 Å². The van der Waals surface area contributed by atoms with Crippen molar-refractivity contribution < 1.29 is 9.13 Å². The van der Waals surface area contributed by atoms with Gasteiger partial charge in [0.1, 0.15) is 18.2 Å². The molecule has 0 radical (unpaired) electrons. The van der Waals surface area contributed by atoms with Crippen LogP contribution in [0.5, 0.6) is 5.75 Å². The van der Waals surface area contributed by atoms with Gasteiger partial charge in [-0.3, -0.25) is 4.90 Å². The van der Waals surface area contributed by atoms with Gasteiger partial charge in [0, 0.05) is 12.6 Å². The lowest BCUT2D eigenvalue weighted by Gasteiger charge is -2.31. The summed E-state index contributed by atoms with van der Waals surface area (Å²) in [7, 11) is 2.03. The Hall–Kier alpha value is -0.550. The SMILES string of the molecule is CNC1CCN(CCOc2ccc(F)cc2)CC1.Cl.Cl. The van der Waals surface area contributed by atoms with Gasteiger partial charge in [0.25, 0.3) is 0 Å². The Morgan fingerprint density at radius 2 is 1.80 bits per heavy atom. The van der Waals surface area contributed by atoms with Crippen LogP contribution in [0.25, 0.3) is 0 Å². The second-order valence-electron chi connectivity index (χ2n) is 4.71. The van der Waals surface area contributed by atoms with Crippen LogP contribution in [0.4, 0.5) is 4.39 Å². The molecule has 1 fully saturated rings. The van der Waals surface area contributed by atoms with Crippen molar-refractivity contribution in [1.82, 2.24) is 10.2 Å². The first-order chi connectivity index (χ1) is 8.78. The molecule has 0 aliphatic carbocycles. The molecule has 1 saturated heterocycles. The number of likely N-dealkylation sites (tertiary alicyclic amines) is 1. The summed E-state index contributed by atoms with van der Waals surface area (Å²) in [6.07, 6.45) is 2.40. The number of piperidine rings is 1. The van der Waals surface area contributed by atoms with Gasteiger partial charge in [-0.05, 0) is 57.2 Å². The molecule has 0 unspecified atom stereocenters. The van der Waals surface area contributed by atoms with E-state index < -0.39 is 0 Å². The number of nitrogens with zero attached hydrogens (tertiary/aromatic N) is 1. The molecule has 6 heteroatoms. The molecule has 1 aliphatic rings. The minimum Gasteiger partial charge on any atom is -0.492 e. The lowest BCUT2D eigenvalue weighted by molar-refractivity contribution is 0.167. The second-order valence-corrected chi connectivity index (χ2v) is 4.71. The highest BCUT2D eigenvalue weighted by Gasteiger charge is 2.16. The first kappa shape index (κ1) is 19.4. The summed E-state index contributed by atoms with van der Waals surface area (Å²) in [6.45, 7) is 3.85. The van der Waals surface area contributed by atoms with Crippen molar-refractivity contribution in [3.63, 3.8) is 0 Å². The maximum Gasteiger partial charge on any atom is 0.123 e. The highest BCUT2D eigenvalue weighted by molar-refractivity contribution is 5.85. The van der Waals surface area contributed by atoms with Crippen molar-refractivity contribution in [2.45, 2.75) is 18.9 Å². The fourth-order valence-corrected chi connectivity index (χ4v) is 2.27. The van der Waals surface area contributed by atoms with E-state index in [-0.39, 0.29) is 30.6 Å². The molecule has 1 N–H and O–H groups in total. The lowest BCUT2D eigenvalue weighted by atomic mass is 10.1. The van der Waals surface area contributed by atoms with Crippen molar-refractivity contribution in [3.8, 4) is 5.75 Å². The summed E-state index contributed by atoms with van der Waals surface area (Å²) < 4.78 is 18.3. The van der Waals surface area contributed by atoms with Crippen LogP contribution in [0.2, 0.25) is 0 Å². The Kier molecular flexibility index (Phi) is 9.94. The van der Waals surface area contributed by atoms with E-state index in [9.17, 15) is 4.39 Å². The summed E-state index contributed by atoms with van der Waals surface area (Å²) >= 11 is 0. The van der Waals surface area contributed by atoms with Gasteiger partial charge in [0.15, 0.2) is 0 Å². The van der Waals surface area contributed by atoms with E-state index in [1.807, 2.05) is 7.05 Å². The molecule has 116 valence electrons. The maximum atomic E-state index is 12.7. The van der Waals surface area contributed by atoms with Gasteiger partial charge in [0.05, 0.1) is 0 Å². The second kappa shape index (κ2) is 10.2. The molecule has 2 rings (SSSR count). The average Bonchev–Trinajstić information content (AvgIpc) is 2.42. The van der Waals surface area contributed by atoms with Gasteiger partial charge in [-0.25, -0.2) is 4.39 Å². The van der Waals surface area contributed by atoms with Crippen LogP contribution in [-0.4, -0.2) is 44.2 Å². The zero-order valence-corrected chi connectivity index (χ0v) is 13.3. The summed E-state index contributed by atoms with van der Waals surface area (Å²) in [5.74, 6) is 0.512. The van der Waals surface area contributed by atoms with Crippen LogP contribution in [-0.2, 0) is 0 Å². The van der Waals surface area contributed by atoms with Crippen molar-refractivity contribution in [2.24, 2.45) is 0 Å². The molecule has 3 nitrogen and oxygen atoms in total. The maximum absolute atomic E-state index is 12.7. The van der Waals surface area contributed by atoms with Crippen LogP contribution in [0, 0.1) is 5.82 Å². The van der Waals surface area contributed by atoms with E-state index in [1.54, 1.807) is 12.1 Å². The van der Waals surface area contributed by atoms with E-state index in [0.717, 1.165) is 25.4 Å². The summed E-state index contributed by atoms with van der Waals surface area (Å²) in [5.41, 5.74) is 0. The van der Waals surface area contributed by atoms with Crippen molar-refractivity contribution in [2.75, 3.05) is 33.3 Å². The molecule has 0 saturated carbocycles. The van der Waals surface area contributed by atoms with Crippen molar-refractivity contribution >= 4 is 24.8 Å². The van der Waals surface area contributed by atoms with Crippen LogP contribution >= 0.6 is 24.8 Å². The average molecular weight is 325 g/mol. The van der Waals surface area contributed by atoms with Crippen LogP contribution in [0.1, 0.15) is 12.8 Å². The van der Waals surface area contributed by atoms with E-state index in [2.05, 4.69) is 10.2 Å². The third-order valence-corrected chi connectivity index (χ3v) is 3.49. The Bertz CT molecular complexity index is 357. The van der Waals surface area contributed by atoms with Crippen molar-refractivity contribution in [1.29, 1.82) is 0 Å². The van der Waals surface area contributed by atoms with Gasteiger partial charge in [0.2, 0.25) is 0 Å². The van der Waals surface area contributed by atoms with E-state index in [0.29, 0.717) is 12.6 Å². The normalized spacial score (nSPS) is 16.1. The van der Waals surface area contributed by atoms with Gasteiger partial charge < -0.3 is 10.1 Å². The molecule has 0 aromatic heterocycles. The van der Waals surface area contributed by atoms with Crippen LogP contribution < -0.4 is 10.1 Å². The number of halogens is 3. The number of ether oxygens (including phenoxy) is 1. The summed E-state index contributed by atoms with van der Waals surface area (Å²) in [5, 5.41) is 3.32. The van der Waals surface area contributed by atoms with Crippen molar-refractivity contribution in [3.05, 3.63) is 30.1 Å². The highest BCUT2D eigenvalue weighted by atomic mass is 35.5. The Labute approximate surface area is 132 Å². The zero-order valence-electron chi connectivity index (χ0n) is 11.7. The molecule has 1 heterocycles. The predicted molar refractivity (Wildman–Crippen MR) is 84.9 cm³/mol. The Balaban J connectivity index is 0.00000180. The minimum absolute atomic E-state index is 0. The van der Waals surface area contributed by atoms with Crippen LogP contribution in [0.3, 0.4) is 0 Å². The smallest absolute Gasteiger partial charge is 0.123 e. The molecule has 20 heavy (non-hydrogen) atoms. The van der Waals surface area contributed by atoms with E-state index in [4.69, 9.17) is 4.74 Å². The first-order valence-corrected chi connectivity index (χ1v) is 6.56. The molecular weight excluding hydrogens is 302 g/mol.